The standard InChI is InChI=1S/C13H18BNO/c14-9-3-1-2-4-10-16-13-7-5-12(11-15)6-8-13/h5-8H,1-4,9-10,14H2. The molecule has 0 fully saturated rings. The highest BCUT2D eigenvalue weighted by atomic mass is 16.5. The van der Waals surface area contributed by atoms with Crippen LogP contribution in [-0.4, -0.2) is 14.5 Å². The monoisotopic (exact) mass is 215 g/mol. The first-order chi connectivity index (χ1) is 7.86. The van der Waals surface area contributed by atoms with Crippen molar-refractivity contribution < 1.29 is 4.74 Å². The Balaban J connectivity index is 2.15. The molecule has 0 aliphatic rings. The molecule has 0 atom stereocenters. The third kappa shape index (κ3) is 4.88. The maximum atomic E-state index is 8.63. The van der Waals surface area contributed by atoms with E-state index in [2.05, 4.69) is 13.9 Å². The molecule has 1 aromatic rings. The second-order valence-corrected chi connectivity index (χ2v) is 3.90. The van der Waals surface area contributed by atoms with Crippen LogP contribution in [0.2, 0.25) is 6.32 Å². The fourth-order valence-corrected chi connectivity index (χ4v) is 1.52. The Morgan fingerprint density at radius 3 is 2.38 bits per heavy atom. The van der Waals surface area contributed by atoms with Crippen molar-refractivity contribution in [1.82, 2.24) is 0 Å². The molecule has 0 saturated carbocycles. The van der Waals surface area contributed by atoms with Crippen LogP contribution in [0.1, 0.15) is 31.2 Å². The molecule has 0 aliphatic carbocycles. The molecule has 0 unspecified atom stereocenters. The molecule has 0 bridgehead atoms. The number of rotatable bonds is 7. The summed E-state index contributed by atoms with van der Waals surface area (Å²) in [4.78, 5) is 0. The minimum absolute atomic E-state index is 0.676. The summed E-state index contributed by atoms with van der Waals surface area (Å²) >= 11 is 0. The normalized spacial score (nSPS) is 9.69. The van der Waals surface area contributed by atoms with E-state index in [9.17, 15) is 0 Å². The Hall–Kier alpha value is -1.43. The summed E-state index contributed by atoms with van der Waals surface area (Å²) in [6.07, 6.45) is 6.24. The maximum absolute atomic E-state index is 8.63. The number of unbranched alkanes of at least 4 members (excludes halogenated alkanes) is 3. The number of benzene rings is 1. The summed E-state index contributed by atoms with van der Waals surface area (Å²) in [5, 5.41) is 8.63. The van der Waals surface area contributed by atoms with E-state index < -0.39 is 0 Å². The molecule has 0 spiro atoms. The lowest BCUT2D eigenvalue weighted by atomic mass is 9.99. The van der Waals surface area contributed by atoms with Gasteiger partial charge in [0, 0.05) is 0 Å². The van der Waals surface area contributed by atoms with Gasteiger partial charge in [-0.1, -0.05) is 25.6 Å². The fourth-order valence-electron chi connectivity index (χ4n) is 1.52. The van der Waals surface area contributed by atoms with Gasteiger partial charge in [-0.25, -0.2) is 0 Å². The predicted molar refractivity (Wildman–Crippen MR) is 68.5 cm³/mol. The summed E-state index contributed by atoms with van der Waals surface area (Å²) < 4.78 is 5.58. The molecule has 84 valence electrons. The minimum atomic E-state index is 0.676. The van der Waals surface area contributed by atoms with Gasteiger partial charge in [-0.05, 0) is 30.7 Å². The van der Waals surface area contributed by atoms with Gasteiger partial charge in [0.2, 0.25) is 0 Å². The van der Waals surface area contributed by atoms with Gasteiger partial charge in [0.15, 0.2) is 0 Å². The fraction of sp³-hybridized carbons (Fsp3) is 0.462. The summed E-state index contributed by atoms with van der Waals surface area (Å²) in [5.41, 5.74) is 0.676. The smallest absolute Gasteiger partial charge is 0.119 e. The Kier molecular flexibility index (Phi) is 6.17. The van der Waals surface area contributed by atoms with Crippen LogP contribution in [0.25, 0.3) is 0 Å². The van der Waals surface area contributed by atoms with Crippen molar-refractivity contribution in [3.05, 3.63) is 29.8 Å². The van der Waals surface area contributed by atoms with Crippen molar-refractivity contribution >= 4 is 7.85 Å². The van der Waals surface area contributed by atoms with Gasteiger partial charge < -0.3 is 4.74 Å². The highest BCUT2D eigenvalue weighted by molar-refractivity contribution is 6.08. The van der Waals surface area contributed by atoms with Crippen LogP contribution in [0.4, 0.5) is 0 Å². The van der Waals surface area contributed by atoms with E-state index in [1.165, 1.54) is 25.6 Å². The van der Waals surface area contributed by atoms with Crippen LogP contribution in [-0.2, 0) is 0 Å². The number of ether oxygens (including phenoxy) is 1. The topological polar surface area (TPSA) is 33.0 Å². The van der Waals surface area contributed by atoms with Gasteiger partial charge in [0.1, 0.15) is 13.6 Å². The quantitative estimate of drug-likeness (QED) is 0.517. The average molecular weight is 215 g/mol. The van der Waals surface area contributed by atoms with Crippen molar-refractivity contribution in [3.63, 3.8) is 0 Å². The van der Waals surface area contributed by atoms with Crippen molar-refractivity contribution in [1.29, 1.82) is 5.26 Å². The van der Waals surface area contributed by atoms with E-state index >= 15 is 0 Å². The molecule has 0 aliphatic heterocycles. The molecule has 2 nitrogen and oxygen atoms in total. The van der Waals surface area contributed by atoms with Crippen molar-refractivity contribution in [2.45, 2.75) is 32.0 Å². The molecular formula is C13H18BNO. The van der Waals surface area contributed by atoms with Crippen LogP contribution >= 0.6 is 0 Å². The third-order valence-corrected chi connectivity index (χ3v) is 2.50. The first-order valence-electron chi connectivity index (χ1n) is 5.99. The lowest BCUT2D eigenvalue weighted by Gasteiger charge is -2.05. The van der Waals surface area contributed by atoms with E-state index in [0.717, 1.165) is 18.8 Å². The van der Waals surface area contributed by atoms with Gasteiger partial charge >= 0.3 is 0 Å². The lowest BCUT2D eigenvalue weighted by molar-refractivity contribution is 0.305. The van der Waals surface area contributed by atoms with Gasteiger partial charge in [0.05, 0.1) is 18.2 Å². The van der Waals surface area contributed by atoms with E-state index in [1.807, 2.05) is 12.1 Å². The van der Waals surface area contributed by atoms with Crippen LogP contribution < -0.4 is 4.74 Å². The second-order valence-electron chi connectivity index (χ2n) is 3.90. The average Bonchev–Trinajstić information content (AvgIpc) is 2.34. The van der Waals surface area contributed by atoms with Crippen LogP contribution in [0.3, 0.4) is 0 Å². The summed E-state index contributed by atoms with van der Waals surface area (Å²) in [7, 11) is 2.22. The molecule has 16 heavy (non-hydrogen) atoms. The van der Waals surface area contributed by atoms with E-state index in [1.54, 1.807) is 12.1 Å². The van der Waals surface area contributed by atoms with Gasteiger partial charge in [-0.2, -0.15) is 5.26 Å². The number of hydrogen-bond acceptors (Lipinski definition) is 2. The van der Waals surface area contributed by atoms with E-state index in [0.29, 0.717) is 5.56 Å². The Morgan fingerprint density at radius 2 is 1.75 bits per heavy atom. The Morgan fingerprint density at radius 1 is 1.06 bits per heavy atom. The zero-order valence-corrected chi connectivity index (χ0v) is 9.91. The largest absolute Gasteiger partial charge is 0.494 e. The number of nitrogens with zero attached hydrogens (tertiary/aromatic N) is 1. The second kappa shape index (κ2) is 7.81. The first kappa shape index (κ1) is 12.6. The predicted octanol–water partition coefficient (Wildman–Crippen LogP) is 2.55. The van der Waals surface area contributed by atoms with Gasteiger partial charge in [0.25, 0.3) is 0 Å². The molecule has 3 heteroatoms. The molecule has 1 aromatic carbocycles. The van der Waals surface area contributed by atoms with E-state index in [4.69, 9.17) is 10.00 Å². The summed E-state index contributed by atoms with van der Waals surface area (Å²) in [6.45, 7) is 0.773. The summed E-state index contributed by atoms with van der Waals surface area (Å²) in [5.74, 6) is 0.856. The molecule has 0 aromatic heterocycles. The molecule has 1 rings (SSSR count). The highest BCUT2D eigenvalue weighted by Gasteiger charge is 1.94. The summed E-state index contributed by atoms with van der Waals surface area (Å²) in [6, 6.07) is 9.36. The van der Waals surface area contributed by atoms with Gasteiger partial charge in [-0.3, -0.25) is 0 Å². The zero-order valence-electron chi connectivity index (χ0n) is 9.91. The van der Waals surface area contributed by atoms with Crippen LogP contribution in [0, 0.1) is 11.3 Å². The molecule has 0 N–H and O–H groups in total. The Bertz CT molecular complexity index is 329. The highest BCUT2D eigenvalue weighted by Crippen LogP contribution is 2.12. The number of nitriles is 1. The maximum Gasteiger partial charge on any atom is 0.119 e. The van der Waals surface area contributed by atoms with Crippen LogP contribution in [0.15, 0.2) is 24.3 Å². The number of hydrogen-bond donors (Lipinski definition) is 0. The van der Waals surface area contributed by atoms with Crippen molar-refractivity contribution in [3.8, 4) is 11.8 Å². The lowest BCUT2D eigenvalue weighted by Crippen LogP contribution is -1.97. The van der Waals surface area contributed by atoms with Crippen molar-refractivity contribution in [2.75, 3.05) is 6.61 Å². The van der Waals surface area contributed by atoms with Crippen LogP contribution in [0.5, 0.6) is 5.75 Å². The Labute approximate surface area is 98.6 Å². The molecule has 0 radical (unpaired) electrons. The molecule has 0 amide bonds. The van der Waals surface area contributed by atoms with Gasteiger partial charge in [-0.15, -0.1) is 0 Å². The first-order valence-corrected chi connectivity index (χ1v) is 5.99. The molecule has 0 heterocycles. The SMILES string of the molecule is BCCCCCCOc1ccc(C#N)cc1. The minimum Gasteiger partial charge on any atom is -0.494 e. The van der Waals surface area contributed by atoms with E-state index in [-0.39, 0.29) is 0 Å². The zero-order chi connectivity index (χ0) is 11.6. The van der Waals surface area contributed by atoms with Crippen molar-refractivity contribution in [2.24, 2.45) is 0 Å². The molecular weight excluding hydrogens is 197 g/mol. The molecule has 0 saturated heterocycles. The third-order valence-electron chi connectivity index (χ3n) is 2.50.